The van der Waals surface area contributed by atoms with E-state index in [0.717, 1.165) is 5.35 Å². The number of aromatic amines is 1. The van der Waals surface area contributed by atoms with Crippen LogP contribution in [0, 0.1) is 0 Å². The van der Waals surface area contributed by atoms with Crippen molar-refractivity contribution >= 4 is 12.5 Å². The second-order valence-corrected chi connectivity index (χ2v) is 1.79. The van der Waals surface area contributed by atoms with Crippen LogP contribution < -0.4 is 16.3 Å². The van der Waals surface area contributed by atoms with Gasteiger partial charge in [0.25, 0.3) is 0 Å². The molecule has 0 saturated carbocycles. The highest BCUT2D eigenvalue weighted by Gasteiger charge is 1.88. The monoisotopic (exact) mass is 135 g/mol. The molecule has 0 unspecified atom stereocenters. The van der Waals surface area contributed by atoms with Gasteiger partial charge in [0.1, 0.15) is 11.7 Å². The van der Waals surface area contributed by atoms with Crippen LogP contribution >= 0.6 is 0 Å². The molecule has 0 radical (unpaired) electrons. The van der Waals surface area contributed by atoms with Gasteiger partial charge in [0.05, 0.1) is 6.33 Å². The van der Waals surface area contributed by atoms with Crippen LogP contribution in [0.1, 0.15) is 0 Å². The highest BCUT2D eigenvalue weighted by Crippen LogP contribution is 1.63. The van der Waals surface area contributed by atoms with Gasteiger partial charge in [-0.25, -0.2) is 9.98 Å². The fourth-order valence-electron chi connectivity index (χ4n) is 0.725. The van der Waals surface area contributed by atoms with Crippen LogP contribution in [0.4, 0.5) is 0 Å². The standard InChI is InChI=1S/C5H5N5/c1-4-5(7-2-6-4)8-3-10-9-1/h1-3,9H,(H,6,7,8,10). The average Bonchev–Trinajstić information content (AvgIpc) is 2.28. The third-order valence-corrected chi connectivity index (χ3v) is 1.17. The van der Waals surface area contributed by atoms with E-state index in [2.05, 4.69) is 25.5 Å². The van der Waals surface area contributed by atoms with Crippen molar-refractivity contribution < 1.29 is 0 Å². The van der Waals surface area contributed by atoms with E-state index in [0.29, 0.717) is 5.49 Å². The van der Waals surface area contributed by atoms with Gasteiger partial charge in [0, 0.05) is 6.20 Å². The lowest BCUT2D eigenvalue weighted by molar-refractivity contribution is 1.03. The summed E-state index contributed by atoms with van der Waals surface area (Å²) in [5.41, 5.74) is 3.33. The molecular weight excluding hydrogens is 130 g/mol. The van der Waals surface area contributed by atoms with Crippen LogP contribution in [0.5, 0.6) is 0 Å². The van der Waals surface area contributed by atoms with E-state index < -0.39 is 0 Å². The third kappa shape index (κ3) is 0.680. The molecule has 1 aromatic heterocycles. The van der Waals surface area contributed by atoms with Gasteiger partial charge in [-0.15, -0.1) is 0 Å². The van der Waals surface area contributed by atoms with Crippen molar-refractivity contribution in [2.75, 3.05) is 0 Å². The Kier molecular flexibility index (Phi) is 1.00. The molecule has 0 saturated heterocycles. The van der Waals surface area contributed by atoms with Crippen molar-refractivity contribution in [2.45, 2.75) is 0 Å². The molecule has 0 spiro atoms. The molecule has 0 bridgehead atoms. The number of aromatic nitrogens is 2. The summed E-state index contributed by atoms with van der Waals surface area (Å²) in [7, 11) is 0. The number of rotatable bonds is 0. The minimum atomic E-state index is 0.661. The number of fused-ring (bicyclic) bond motifs is 1. The first-order valence-electron chi connectivity index (χ1n) is 2.81. The summed E-state index contributed by atoms with van der Waals surface area (Å²) in [5.74, 6) is 0. The molecule has 50 valence electrons. The lowest BCUT2D eigenvalue weighted by Crippen LogP contribution is -2.25. The smallest absolute Gasteiger partial charge is 0.180 e. The van der Waals surface area contributed by atoms with Crippen LogP contribution in [0.25, 0.3) is 6.20 Å². The molecule has 0 atom stereocenters. The fourth-order valence-corrected chi connectivity index (χ4v) is 0.725. The number of hydrazone groups is 1. The summed E-state index contributed by atoms with van der Waals surface area (Å²) in [6.07, 6.45) is 4.71. The first-order valence-corrected chi connectivity index (χ1v) is 2.81. The second-order valence-electron chi connectivity index (χ2n) is 1.79. The molecule has 2 heterocycles. The molecule has 1 aromatic rings. The lowest BCUT2D eigenvalue weighted by atomic mass is 10.7. The van der Waals surface area contributed by atoms with Gasteiger partial charge in [-0.3, -0.25) is 5.43 Å². The largest absolute Gasteiger partial charge is 0.342 e. The van der Waals surface area contributed by atoms with Crippen LogP contribution in [-0.2, 0) is 0 Å². The lowest BCUT2D eigenvalue weighted by Gasteiger charge is -1.79. The Hall–Kier alpha value is -1.65. The molecule has 2 rings (SSSR count). The van der Waals surface area contributed by atoms with Gasteiger partial charge in [-0.1, -0.05) is 0 Å². The molecule has 0 amide bonds. The van der Waals surface area contributed by atoms with Crippen LogP contribution in [0.15, 0.2) is 16.4 Å². The van der Waals surface area contributed by atoms with E-state index >= 15 is 0 Å². The molecule has 5 nitrogen and oxygen atoms in total. The third-order valence-electron chi connectivity index (χ3n) is 1.17. The Morgan fingerprint density at radius 2 is 2.40 bits per heavy atom. The predicted octanol–water partition coefficient (Wildman–Crippen LogP) is -1.69. The minimum Gasteiger partial charge on any atom is -0.342 e. The van der Waals surface area contributed by atoms with Crippen molar-refractivity contribution in [1.29, 1.82) is 0 Å². The quantitative estimate of drug-likeness (QED) is 0.446. The number of nitrogens with one attached hydrogen (secondary N) is 2. The Morgan fingerprint density at radius 1 is 1.40 bits per heavy atom. The number of imidazole rings is 1. The Balaban J connectivity index is 2.82. The van der Waals surface area contributed by atoms with Crippen molar-refractivity contribution in [2.24, 2.45) is 10.1 Å². The summed E-state index contributed by atoms with van der Waals surface area (Å²) in [4.78, 5) is 10.7. The van der Waals surface area contributed by atoms with Crippen LogP contribution in [0.3, 0.4) is 0 Å². The minimum absolute atomic E-state index is 0.661. The Bertz CT molecular complexity index is 360. The van der Waals surface area contributed by atoms with Gasteiger partial charge >= 0.3 is 0 Å². The van der Waals surface area contributed by atoms with Crippen molar-refractivity contribution in [3.63, 3.8) is 0 Å². The van der Waals surface area contributed by atoms with E-state index in [9.17, 15) is 0 Å². The van der Waals surface area contributed by atoms with Crippen LogP contribution in [0.2, 0.25) is 0 Å². The normalized spacial score (nSPS) is 14.0. The van der Waals surface area contributed by atoms with E-state index in [1.54, 1.807) is 12.5 Å². The maximum atomic E-state index is 3.93. The first kappa shape index (κ1) is 5.16. The summed E-state index contributed by atoms with van der Waals surface area (Å²) in [5, 5.41) is 4.55. The topological polar surface area (TPSA) is 65.4 Å². The molecule has 10 heavy (non-hydrogen) atoms. The van der Waals surface area contributed by atoms with Crippen molar-refractivity contribution in [3.8, 4) is 0 Å². The summed E-state index contributed by atoms with van der Waals surface area (Å²) in [6.45, 7) is 0. The molecular formula is C5H5N5. The maximum Gasteiger partial charge on any atom is 0.180 e. The van der Waals surface area contributed by atoms with Crippen molar-refractivity contribution in [3.05, 3.63) is 17.2 Å². The highest BCUT2D eigenvalue weighted by atomic mass is 15.3. The first-order chi connectivity index (χ1) is 4.97. The van der Waals surface area contributed by atoms with E-state index in [1.165, 1.54) is 6.34 Å². The molecule has 2 N–H and O–H groups in total. The SMILES string of the molecule is C1=NNC=c2[nH]cnc2=N1. The number of H-pyrrole nitrogens is 1. The maximum absolute atomic E-state index is 3.93. The van der Waals surface area contributed by atoms with E-state index in [4.69, 9.17) is 0 Å². The molecule has 0 aromatic carbocycles. The zero-order valence-electron chi connectivity index (χ0n) is 5.07. The van der Waals surface area contributed by atoms with Gasteiger partial charge in [0.15, 0.2) is 5.49 Å². The van der Waals surface area contributed by atoms with E-state index in [1.807, 2.05) is 0 Å². The molecule has 0 fully saturated rings. The molecule has 1 aliphatic rings. The summed E-state index contributed by atoms with van der Waals surface area (Å²) >= 11 is 0. The second kappa shape index (κ2) is 1.94. The number of hydrogen-bond acceptors (Lipinski definition) is 4. The van der Waals surface area contributed by atoms with Gasteiger partial charge in [0.2, 0.25) is 0 Å². The number of nitrogens with zero attached hydrogens (tertiary/aromatic N) is 3. The predicted molar refractivity (Wildman–Crippen MR) is 35.5 cm³/mol. The van der Waals surface area contributed by atoms with Crippen LogP contribution in [-0.4, -0.2) is 16.3 Å². The van der Waals surface area contributed by atoms with Gasteiger partial charge in [-0.05, 0) is 0 Å². The van der Waals surface area contributed by atoms with Crippen molar-refractivity contribution in [1.82, 2.24) is 15.4 Å². The van der Waals surface area contributed by atoms with Gasteiger partial charge in [-0.2, -0.15) is 5.10 Å². The van der Waals surface area contributed by atoms with E-state index in [-0.39, 0.29) is 0 Å². The van der Waals surface area contributed by atoms with Gasteiger partial charge < -0.3 is 4.98 Å². The molecule has 5 heteroatoms. The molecule has 1 aliphatic heterocycles. The molecule has 0 aliphatic carbocycles. The fraction of sp³-hybridized carbons (Fsp3) is 0. The highest BCUT2D eigenvalue weighted by molar-refractivity contribution is 5.55. The average molecular weight is 135 g/mol. The Morgan fingerprint density at radius 3 is 3.40 bits per heavy atom. The number of hydrogen-bond donors (Lipinski definition) is 2. The Labute approximate surface area is 56.2 Å². The zero-order valence-corrected chi connectivity index (χ0v) is 5.07. The zero-order chi connectivity index (χ0) is 6.81. The summed E-state index contributed by atoms with van der Waals surface area (Å²) < 4.78 is 0. The summed E-state index contributed by atoms with van der Waals surface area (Å²) in [6, 6.07) is 0.